The molecule has 112 valence electrons. The lowest BCUT2D eigenvalue weighted by Gasteiger charge is -2.35. The van der Waals surface area contributed by atoms with E-state index in [4.69, 9.17) is 0 Å². The average molecular weight is 286 g/mol. The third-order valence-electron chi connectivity index (χ3n) is 4.39. The van der Waals surface area contributed by atoms with Crippen molar-refractivity contribution in [3.05, 3.63) is 41.5 Å². The molecule has 0 saturated carbocycles. The van der Waals surface area contributed by atoms with Crippen molar-refractivity contribution >= 4 is 5.91 Å². The molecule has 0 saturated heterocycles. The van der Waals surface area contributed by atoms with Gasteiger partial charge in [0.2, 0.25) is 5.91 Å². The zero-order valence-electron chi connectivity index (χ0n) is 12.9. The highest BCUT2D eigenvalue weighted by molar-refractivity contribution is 5.77. The van der Waals surface area contributed by atoms with E-state index in [0.717, 1.165) is 25.2 Å². The summed E-state index contributed by atoms with van der Waals surface area (Å²) < 4.78 is 4.05. The highest BCUT2D eigenvalue weighted by Crippen LogP contribution is 2.26. The summed E-state index contributed by atoms with van der Waals surface area (Å²) in [6.07, 6.45) is 5.42. The summed E-state index contributed by atoms with van der Waals surface area (Å²) in [6.45, 7) is 5.80. The average Bonchev–Trinajstić information content (AvgIpc) is 3.03. The Morgan fingerprint density at radius 1 is 1.43 bits per heavy atom. The molecule has 0 aromatic carbocycles. The second kappa shape index (κ2) is 5.39. The fourth-order valence-electron chi connectivity index (χ4n) is 3.20. The number of carbonyl (C=O) groups is 1. The number of hydrogen-bond acceptors (Lipinski definition) is 2. The quantitative estimate of drug-likeness (QED) is 0.867. The zero-order valence-corrected chi connectivity index (χ0v) is 12.9. The Hall–Kier alpha value is -2.04. The topological polar surface area (TPSA) is 43.1 Å². The first kappa shape index (κ1) is 13.9. The SMILES string of the molecule is Cc1nn(C)cc1CCC(=O)N1CCn2cccc2C1C. The Morgan fingerprint density at radius 3 is 2.95 bits per heavy atom. The van der Waals surface area contributed by atoms with Crippen molar-refractivity contribution in [3.63, 3.8) is 0 Å². The molecule has 1 unspecified atom stereocenters. The van der Waals surface area contributed by atoms with E-state index in [2.05, 4.69) is 34.9 Å². The molecule has 0 aliphatic carbocycles. The molecule has 0 fully saturated rings. The Labute approximate surface area is 125 Å². The Morgan fingerprint density at radius 2 is 2.24 bits per heavy atom. The molecular weight excluding hydrogens is 264 g/mol. The smallest absolute Gasteiger partial charge is 0.223 e. The Balaban J connectivity index is 1.65. The van der Waals surface area contributed by atoms with Crippen LogP contribution < -0.4 is 0 Å². The molecule has 0 radical (unpaired) electrons. The van der Waals surface area contributed by atoms with Crippen LogP contribution in [0.3, 0.4) is 0 Å². The number of nitrogens with zero attached hydrogens (tertiary/aromatic N) is 4. The maximum absolute atomic E-state index is 12.5. The van der Waals surface area contributed by atoms with E-state index in [1.165, 1.54) is 11.3 Å². The van der Waals surface area contributed by atoms with Crippen LogP contribution in [-0.2, 0) is 24.8 Å². The number of hydrogen-bond donors (Lipinski definition) is 0. The first-order chi connectivity index (χ1) is 10.1. The van der Waals surface area contributed by atoms with E-state index >= 15 is 0 Å². The first-order valence-corrected chi connectivity index (χ1v) is 7.50. The summed E-state index contributed by atoms with van der Waals surface area (Å²) in [6, 6.07) is 4.32. The van der Waals surface area contributed by atoms with Crippen LogP contribution in [0.25, 0.3) is 0 Å². The van der Waals surface area contributed by atoms with Crippen LogP contribution in [0, 0.1) is 6.92 Å². The molecule has 0 N–H and O–H groups in total. The van der Waals surface area contributed by atoms with E-state index in [9.17, 15) is 4.79 Å². The number of carbonyl (C=O) groups excluding carboxylic acids is 1. The van der Waals surface area contributed by atoms with Gasteiger partial charge in [-0.25, -0.2) is 0 Å². The van der Waals surface area contributed by atoms with Gasteiger partial charge in [-0.1, -0.05) is 0 Å². The van der Waals surface area contributed by atoms with E-state index in [-0.39, 0.29) is 11.9 Å². The van der Waals surface area contributed by atoms with Gasteiger partial charge < -0.3 is 9.47 Å². The number of amides is 1. The van der Waals surface area contributed by atoms with Crippen LogP contribution >= 0.6 is 0 Å². The van der Waals surface area contributed by atoms with E-state index in [1.54, 1.807) is 0 Å². The van der Waals surface area contributed by atoms with Gasteiger partial charge in [-0.05, 0) is 38.0 Å². The van der Waals surface area contributed by atoms with Gasteiger partial charge in [-0.15, -0.1) is 0 Å². The zero-order chi connectivity index (χ0) is 15.0. The van der Waals surface area contributed by atoms with Gasteiger partial charge in [0.15, 0.2) is 0 Å². The van der Waals surface area contributed by atoms with Crippen LogP contribution in [0.2, 0.25) is 0 Å². The van der Waals surface area contributed by atoms with Gasteiger partial charge >= 0.3 is 0 Å². The minimum Gasteiger partial charge on any atom is -0.348 e. The van der Waals surface area contributed by atoms with Crippen molar-refractivity contribution in [2.45, 2.75) is 39.3 Å². The van der Waals surface area contributed by atoms with Gasteiger partial charge in [0.1, 0.15) is 0 Å². The van der Waals surface area contributed by atoms with Crippen LogP contribution in [0.15, 0.2) is 24.5 Å². The lowest BCUT2D eigenvalue weighted by molar-refractivity contribution is -0.134. The van der Waals surface area contributed by atoms with E-state index in [0.29, 0.717) is 6.42 Å². The van der Waals surface area contributed by atoms with Gasteiger partial charge in [0, 0.05) is 44.6 Å². The van der Waals surface area contributed by atoms with Crippen LogP contribution in [-0.4, -0.2) is 31.7 Å². The van der Waals surface area contributed by atoms with E-state index in [1.807, 2.05) is 29.7 Å². The number of aromatic nitrogens is 3. The molecule has 3 rings (SSSR count). The molecule has 1 aliphatic rings. The molecule has 21 heavy (non-hydrogen) atoms. The molecule has 0 bridgehead atoms. The van der Waals surface area contributed by atoms with Gasteiger partial charge in [0.25, 0.3) is 0 Å². The Kier molecular flexibility index (Phi) is 3.57. The molecule has 0 spiro atoms. The third kappa shape index (κ3) is 2.60. The van der Waals surface area contributed by atoms with E-state index < -0.39 is 0 Å². The summed E-state index contributed by atoms with van der Waals surface area (Å²) >= 11 is 0. The summed E-state index contributed by atoms with van der Waals surface area (Å²) in [5, 5.41) is 4.33. The van der Waals surface area contributed by atoms with Crippen LogP contribution in [0.1, 0.15) is 36.3 Å². The van der Waals surface area contributed by atoms with Gasteiger partial charge in [0.05, 0.1) is 11.7 Å². The normalized spacial score (nSPS) is 17.9. The fourth-order valence-corrected chi connectivity index (χ4v) is 3.20. The summed E-state index contributed by atoms with van der Waals surface area (Å²) in [7, 11) is 1.92. The fraction of sp³-hybridized carbons (Fsp3) is 0.500. The predicted octanol–water partition coefficient (Wildman–Crippen LogP) is 2.07. The number of fused-ring (bicyclic) bond motifs is 1. The highest BCUT2D eigenvalue weighted by atomic mass is 16.2. The summed E-state index contributed by atoms with van der Waals surface area (Å²) in [5.74, 6) is 0.234. The second-order valence-electron chi connectivity index (χ2n) is 5.80. The summed E-state index contributed by atoms with van der Waals surface area (Å²) in [4.78, 5) is 14.5. The second-order valence-corrected chi connectivity index (χ2v) is 5.80. The lowest BCUT2D eigenvalue weighted by Crippen LogP contribution is -2.40. The third-order valence-corrected chi connectivity index (χ3v) is 4.39. The molecule has 3 heterocycles. The largest absolute Gasteiger partial charge is 0.348 e. The number of aryl methyl sites for hydroxylation is 3. The minimum absolute atomic E-state index is 0.163. The predicted molar refractivity (Wildman–Crippen MR) is 80.8 cm³/mol. The van der Waals surface area contributed by atoms with Crippen molar-refractivity contribution in [2.24, 2.45) is 7.05 Å². The molecule has 1 atom stereocenters. The van der Waals surface area contributed by atoms with Crippen molar-refractivity contribution in [1.29, 1.82) is 0 Å². The molecule has 1 amide bonds. The first-order valence-electron chi connectivity index (χ1n) is 7.50. The van der Waals surface area contributed by atoms with Gasteiger partial charge in [-0.3, -0.25) is 9.48 Å². The van der Waals surface area contributed by atoms with Crippen molar-refractivity contribution < 1.29 is 4.79 Å². The molecule has 2 aromatic rings. The maximum atomic E-state index is 12.5. The summed E-state index contributed by atoms with van der Waals surface area (Å²) in [5.41, 5.74) is 3.41. The van der Waals surface area contributed by atoms with Gasteiger partial charge in [-0.2, -0.15) is 5.10 Å². The molecule has 2 aromatic heterocycles. The highest BCUT2D eigenvalue weighted by Gasteiger charge is 2.27. The standard InChI is InChI=1S/C16H22N4O/c1-12-14(11-18(3)17-12)6-7-16(21)20-10-9-19-8-4-5-15(19)13(20)2/h4-5,8,11,13H,6-7,9-10H2,1-3H3. The molecule has 5 heteroatoms. The number of rotatable bonds is 3. The van der Waals surface area contributed by atoms with Crippen molar-refractivity contribution in [3.8, 4) is 0 Å². The minimum atomic E-state index is 0.163. The molecular formula is C16H22N4O. The van der Waals surface area contributed by atoms with Crippen molar-refractivity contribution in [2.75, 3.05) is 6.54 Å². The van der Waals surface area contributed by atoms with Crippen molar-refractivity contribution in [1.82, 2.24) is 19.2 Å². The monoisotopic (exact) mass is 286 g/mol. The molecule has 5 nitrogen and oxygen atoms in total. The van der Waals surface area contributed by atoms with Crippen LogP contribution in [0.5, 0.6) is 0 Å². The maximum Gasteiger partial charge on any atom is 0.223 e. The van der Waals surface area contributed by atoms with Crippen LogP contribution in [0.4, 0.5) is 0 Å². The lowest BCUT2D eigenvalue weighted by atomic mass is 10.1. The Bertz CT molecular complexity index is 655. The molecule has 1 aliphatic heterocycles.